The number of benzene rings is 1. The maximum atomic E-state index is 12.2. The Labute approximate surface area is 122 Å². The van der Waals surface area contributed by atoms with Gasteiger partial charge in [0.2, 0.25) is 10.0 Å². The molecule has 0 heterocycles. The summed E-state index contributed by atoms with van der Waals surface area (Å²) >= 11 is 0. The summed E-state index contributed by atoms with van der Waals surface area (Å²) in [5, 5.41) is 17.6. The van der Waals surface area contributed by atoms with Crippen molar-refractivity contribution in [1.29, 1.82) is 0 Å². The lowest BCUT2D eigenvalue weighted by Gasteiger charge is -2.15. The van der Waals surface area contributed by atoms with Crippen LogP contribution in [0.25, 0.3) is 0 Å². The summed E-state index contributed by atoms with van der Waals surface area (Å²) in [5.41, 5.74) is 1.20. The average molecular weight is 315 g/mol. The number of carboxylic acid groups (broad SMARTS) is 2. The van der Waals surface area contributed by atoms with Crippen molar-refractivity contribution in [2.45, 2.75) is 37.6 Å². The van der Waals surface area contributed by atoms with Crippen molar-refractivity contribution in [3.8, 4) is 0 Å². The van der Waals surface area contributed by atoms with Crippen molar-refractivity contribution in [2.24, 2.45) is 0 Å². The first-order valence-corrected chi connectivity index (χ1v) is 7.66. The van der Waals surface area contributed by atoms with Gasteiger partial charge >= 0.3 is 11.9 Å². The summed E-state index contributed by atoms with van der Waals surface area (Å²) in [6.45, 7) is 3.32. The van der Waals surface area contributed by atoms with Gasteiger partial charge in [0.25, 0.3) is 0 Å². The van der Waals surface area contributed by atoms with Crippen LogP contribution in [0, 0.1) is 13.8 Å². The molecule has 21 heavy (non-hydrogen) atoms. The molecule has 0 aliphatic carbocycles. The first-order chi connectivity index (χ1) is 9.63. The second-order valence-corrected chi connectivity index (χ2v) is 6.40. The fourth-order valence-corrected chi connectivity index (χ4v) is 3.30. The van der Waals surface area contributed by atoms with Crippen molar-refractivity contribution in [3.63, 3.8) is 0 Å². The van der Waals surface area contributed by atoms with Crippen molar-refractivity contribution >= 4 is 22.0 Å². The Bertz CT molecular complexity index is 653. The smallest absolute Gasteiger partial charge is 0.321 e. The van der Waals surface area contributed by atoms with Crippen molar-refractivity contribution in [3.05, 3.63) is 29.3 Å². The predicted molar refractivity (Wildman–Crippen MR) is 74.5 cm³/mol. The summed E-state index contributed by atoms with van der Waals surface area (Å²) in [6, 6.07) is 3.32. The van der Waals surface area contributed by atoms with E-state index in [0.717, 1.165) is 5.56 Å². The van der Waals surface area contributed by atoms with E-state index in [2.05, 4.69) is 0 Å². The number of carboxylic acids is 2. The van der Waals surface area contributed by atoms with E-state index < -0.39 is 34.4 Å². The van der Waals surface area contributed by atoms with E-state index in [0.29, 0.717) is 5.56 Å². The van der Waals surface area contributed by atoms with Gasteiger partial charge in [-0.15, -0.1) is 0 Å². The minimum atomic E-state index is -4.03. The van der Waals surface area contributed by atoms with Gasteiger partial charge < -0.3 is 10.2 Å². The van der Waals surface area contributed by atoms with Crippen molar-refractivity contribution in [1.82, 2.24) is 4.72 Å². The van der Waals surface area contributed by atoms with Crippen molar-refractivity contribution in [2.75, 3.05) is 0 Å². The van der Waals surface area contributed by atoms with E-state index in [1.165, 1.54) is 6.07 Å². The van der Waals surface area contributed by atoms with Crippen LogP contribution in [-0.4, -0.2) is 36.6 Å². The molecule has 0 bridgehead atoms. The SMILES string of the molecule is Cc1ccc(C)c(S(=O)(=O)NC(CCC(=O)O)C(=O)O)c1. The first kappa shape index (κ1) is 17.1. The molecule has 0 amide bonds. The molecule has 0 spiro atoms. The van der Waals surface area contributed by atoms with Crippen LogP contribution < -0.4 is 4.72 Å². The molecule has 7 nitrogen and oxygen atoms in total. The molecule has 3 N–H and O–H groups in total. The Morgan fingerprint density at radius 1 is 1.24 bits per heavy atom. The van der Waals surface area contributed by atoms with E-state index in [4.69, 9.17) is 10.2 Å². The molecular weight excluding hydrogens is 298 g/mol. The number of aliphatic carboxylic acids is 2. The third-order valence-electron chi connectivity index (χ3n) is 2.88. The molecule has 1 rings (SSSR count). The summed E-state index contributed by atoms with van der Waals surface area (Å²) in [6.07, 6.45) is -0.763. The van der Waals surface area contributed by atoms with Crippen LogP contribution in [0.5, 0.6) is 0 Å². The Morgan fingerprint density at radius 3 is 2.38 bits per heavy atom. The minimum absolute atomic E-state index is 0.0101. The monoisotopic (exact) mass is 315 g/mol. The van der Waals surface area contributed by atoms with Gasteiger partial charge in [-0.2, -0.15) is 4.72 Å². The number of aryl methyl sites for hydroxylation is 2. The molecule has 0 saturated carbocycles. The lowest BCUT2D eigenvalue weighted by atomic mass is 10.2. The first-order valence-electron chi connectivity index (χ1n) is 6.17. The predicted octanol–water partition coefficient (Wildman–Crippen LogP) is 0.900. The second kappa shape index (κ2) is 6.68. The highest BCUT2D eigenvalue weighted by atomic mass is 32.2. The van der Waals surface area contributed by atoms with Crippen LogP contribution in [0.2, 0.25) is 0 Å². The highest BCUT2D eigenvalue weighted by Crippen LogP contribution is 2.17. The van der Waals surface area contributed by atoms with Crippen LogP contribution in [0.3, 0.4) is 0 Å². The lowest BCUT2D eigenvalue weighted by molar-refractivity contribution is -0.140. The van der Waals surface area contributed by atoms with Gasteiger partial charge in [0.05, 0.1) is 4.90 Å². The van der Waals surface area contributed by atoms with Crippen LogP contribution in [0.1, 0.15) is 24.0 Å². The Hall–Kier alpha value is -1.93. The molecule has 1 aromatic rings. The minimum Gasteiger partial charge on any atom is -0.481 e. The van der Waals surface area contributed by atoms with E-state index in [-0.39, 0.29) is 11.3 Å². The molecule has 0 aliphatic heterocycles. The van der Waals surface area contributed by atoms with Gasteiger partial charge in [-0.3, -0.25) is 9.59 Å². The van der Waals surface area contributed by atoms with Crippen LogP contribution >= 0.6 is 0 Å². The summed E-state index contributed by atoms with van der Waals surface area (Å²) in [7, 11) is -4.03. The standard InChI is InChI=1S/C13H17NO6S/c1-8-3-4-9(2)11(7-8)21(19,20)14-10(13(17)18)5-6-12(15)16/h3-4,7,10,14H,5-6H2,1-2H3,(H,15,16)(H,17,18). The quantitative estimate of drug-likeness (QED) is 0.687. The van der Waals surface area contributed by atoms with Gasteiger partial charge in [0.15, 0.2) is 0 Å². The van der Waals surface area contributed by atoms with E-state index >= 15 is 0 Å². The second-order valence-electron chi connectivity index (χ2n) is 4.71. The Morgan fingerprint density at radius 2 is 1.86 bits per heavy atom. The fraction of sp³-hybridized carbons (Fsp3) is 0.385. The van der Waals surface area contributed by atoms with Gasteiger partial charge in [-0.25, -0.2) is 8.42 Å². The summed E-state index contributed by atoms with van der Waals surface area (Å²) < 4.78 is 26.5. The zero-order valence-electron chi connectivity index (χ0n) is 11.7. The molecule has 0 fully saturated rings. The maximum Gasteiger partial charge on any atom is 0.321 e. The van der Waals surface area contributed by atoms with E-state index in [9.17, 15) is 18.0 Å². The highest BCUT2D eigenvalue weighted by molar-refractivity contribution is 7.89. The summed E-state index contributed by atoms with van der Waals surface area (Å²) in [4.78, 5) is 21.5. The average Bonchev–Trinajstić information content (AvgIpc) is 2.36. The normalized spacial score (nSPS) is 12.9. The molecule has 0 radical (unpaired) electrons. The lowest BCUT2D eigenvalue weighted by Crippen LogP contribution is -2.41. The molecule has 1 atom stereocenters. The zero-order chi connectivity index (χ0) is 16.2. The summed E-state index contributed by atoms with van der Waals surface area (Å²) in [5.74, 6) is -2.60. The number of hydrogen-bond donors (Lipinski definition) is 3. The van der Waals surface area contributed by atoms with Crippen LogP contribution in [0.4, 0.5) is 0 Å². The number of rotatable bonds is 7. The molecule has 0 aromatic heterocycles. The largest absolute Gasteiger partial charge is 0.481 e. The third kappa shape index (κ3) is 4.83. The number of carbonyl (C=O) groups is 2. The Balaban J connectivity index is 3.03. The van der Waals surface area contributed by atoms with E-state index in [1.807, 2.05) is 4.72 Å². The molecule has 1 aromatic carbocycles. The molecular formula is C13H17NO6S. The van der Waals surface area contributed by atoms with Gasteiger partial charge in [0, 0.05) is 6.42 Å². The van der Waals surface area contributed by atoms with Crippen LogP contribution in [-0.2, 0) is 19.6 Å². The molecule has 0 aliphatic rings. The maximum absolute atomic E-state index is 12.2. The Kier molecular flexibility index (Phi) is 5.45. The molecule has 116 valence electrons. The van der Waals surface area contributed by atoms with Gasteiger partial charge in [-0.05, 0) is 37.5 Å². The number of sulfonamides is 1. The molecule has 1 unspecified atom stereocenters. The number of hydrogen-bond acceptors (Lipinski definition) is 4. The molecule has 8 heteroatoms. The topological polar surface area (TPSA) is 121 Å². The van der Waals surface area contributed by atoms with Gasteiger partial charge in [0.1, 0.15) is 6.04 Å². The van der Waals surface area contributed by atoms with Gasteiger partial charge in [-0.1, -0.05) is 12.1 Å². The van der Waals surface area contributed by atoms with Crippen molar-refractivity contribution < 1.29 is 28.2 Å². The van der Waals surface area contributed by atoms with Crippen LogP contribution in [0.15, 0.2) is 23.1 Å². The highest BCUT2D eigenvalue weighted by Gasteiger charge is 2.26. The molecule has 0 saturated heterocycles. The van der Waals surface area contributed by atoms with E-state index in [1.54, 1.807) is 26.0 Å². The zero-order valence-corrected chi connectivity index (χ0v) is 12.5. The number of nitrogens with one attached hydrogen (secondary N) is 1. The fourth-order valence-electron chi connectivity index (χ4n) is 1.75. The third-order valence-corrected chi connectivity index (χ3v) is 4.49.